The molecule has 2 atom stereocenters. The number of nitrogens with zero attached hydrogens (tertiary/aromatic N) is 2. The lowest BCUT2D eigenvalue weighted by Gasteiger charge is -2.27. The molecule has 1 amide bonds. The van der Waals surface area contributed by atoms with E-state index in [0.717, 1.165) is 10.9 Å². The number of amides is 1. The molecule has 0 unspecified atom stereocenters. The van der Waals surface area contributed by atoms with Gasteiger partial charge >= 0.3 is 12.1 Å². The number of hydrogen-bond donors (Lipinski definition) is 0. The number of pyridine rings is 1. The van der Waals surface area contributed by atoms with E-state index in [4.69, 9.17) is 23.7 Å². The number of methoxy groups -OCH3 is 2. The Morgan fingerprint density at radius 1 is 1.18 bits per heavy atom. The Labute approximate surface area is 193 Å². The summed E-state index contributed by atoms with van der Waals surface area (Å²) < 4.78 is 27.8. The highest BCUT2D eigenvalue weighted by Gasteiger charge is 2.43. The molecule has 1 aromatic heterocycles. The summed E-state index contributed by atoms with van der Waals surface area (Å²) >= 11 is 0. The van der Waals surface area contributed by atoms with Crippen LogP contribution >= 0.6 is 0 Å². The number of aryl methyl sites for hydroxylation is 1. The van der Waals surface area contributed by atoms with E-state index in [1.54, 1.807) is 33.9 Å². The number of ether oxygens (including phenoxy) is 5. The highest BCUT2D eigenvalue weighted by atomic mass is 16.6. The summed E-state index contributed by atoms with van der Waals surface area (Å²) in [7, 11) is 2.90. The summed E-state index contributed by atoms with van der Waals surface area (Å²) in [4.78, 5) is 31.1. The number of carbonyl (C=O) groups is 2. The number of carbonyl (C=O) groups excluding carboxylic acids is 2. The number of fused-ring (bicyclic) bond motifs is 1. The maximum Gasteiger partial charge on any atom is 0.411 e. The van der Waals surface area contributed by atoms with Crippen molar-refractivity contribution in [3.8, 4) is 17.4 Å². The molecule has 3 rings (SSSR count). The first-order valence-corrected chi connectivity index (χ1v) is 10.9. The molecule has 1 aromatic carbocycles. The predicted octanol–water partition coefficient (Wildman–Crippen LogP) is 3.88. The van der Waals surface area contributed by atoms with Crippen molar-refractivity contribution < 1.29 is 33.3 Å². The van der Waals surface area contributed by atoms with Gasteiger partial charge in [-0.2, -0.15) is 0 Å². The molecule has 2 aromatic rings. The van der Waals surface area contributed by atoms with Crippen molar-refractivity contribution in [1.29, 1.82) is 0 Å². The fourth-order valence-corrected chi connectivity index (χ4v) is 3.84. The van der Waals surface area contributed by atoms with E-state index in [2.05, 4.69) is 4.98 Å². The molecule has 9 heteroatoms. The molecule has 0 aliphatic carbocycles. The zero-order valence-corrected chi connectivity index (χ0v) is 20.3. The van der Waals surface area contributed by atoms with Crippen LogP contribution in [0.25, 0.3) is 10.9 Å². The molecule has 9 nitrogen and oxygen atoms in total. The summed E-state index contributed by atoms with van der Waals surface area (Å²) in [6.45, 7) is 9.74. The number of likely N-dealkylation sites (tertiary alicyclic amines) is 1. The van der Waals surface area contributed by atoms with Gasteiger partial charge < -0.3 is 23.7 Å². The number of benzene rings is 1. The van der Waals surface area contributed by atoms with Gasteiger partial charge in [-0.25, -0.2) is 14.6 Å². The van der Waals surface area contributed by atoms with E-state index in [1.165, 1.54) is 12.0 Å². The molecule has 1 fully saturated rings. The van der Waals surface area contributed by atoms with Crippen molar-refractivity contribution in [1.82, 2.24) is 9.88 Å². The molecule has 0 spiro atoms. The van der Waals surface area contributed by atoms with Crippen molar-refractivity contribution in [2.24, 2.45) is 0 Å². The number of rotatable bonds is 6. The quantitative estimate of drug-likeness (QED) is 0.599. The molecule has 0 radical (unpaired) electrons. The van der Waals surface area contributed by atoms with Gasteiger partial charge in [0, 0.05) is 23.4 Å². The van der Waals surface area contributed by atoms with Gasteiger partial charge in [-0.05, 0) is 46.8 Å². The normalized spacial score (nSPS) is 18.2. The number of hydrogen-bond acceptors (Lipinski definition) is 8. The molecule has 33 heavy (non-hydrogen) atoms. The average molecular weight is 461 g/mol. The van der Waals surface area contributed by atoms with Gasteiger partial charge in [0.25, 0.3) is 0 Å². The zero-order valence-electron chi connectivity index (χ0n) is 20.3. The second kappa shape index (κ2) is 9.72. The first-order valence-electron chi connectivity index (χ1n) is 10.9. The monoisotopic (exact) mass is 460 g/mol. The molecule has 0 bridgehead atoms. The molecule has 1 aliphatic rings. The second-order valence-corrected chi connectivity index (χ2v) is 8.83. The van der Waals surface area contributed by atoms with Crippen LogP contribution in [-0.2, 0) is 14.3 Å². The van der Waals surface area contributed by atoms with Crippen LogP contribution in [0.5, 0.6) is 17.4 Å². The fourth-order valence-electron chi connectivity index (χ4n) is 3.84. The van der Waals surface area contributed by atoms with Crippen molar-refractivity contribution in [2.45, 2.75) is 58.8 Å². The van der Waals surface area contributed by atoms with Gasteiger partial charge in [-0.15, -0.1) is 0 Å². The summed E-state index contributed by atoms with van der Waals surface area (Å²) in [5, 5.41) is 0.780. The van der Waals surface area contributed by atoms with Crippen LogP contribution in [0, 0.1) is 6.92 Å². The van der Waals surface area contributed by atoms with Gasteiger partial charge in [0.1, 0.15) is 29.2 Å². The SMILES string of the molecule is CCOc1cc(O[C@@H]2C[C@@H](C(=O)OC)N(C(=O)OC(C)(C)C)C2)c2ccc(OC)c(C)c2n1. The third-order valence-corrected chi connectivity index (χ3v) is 5.29. The minimum atomic E-state index is -0.795. The van der Waals surface area contributed by atoms with E-state index in [0.29, 0.717) is 29.5 Å². The smallest absolute Gasteiger partial charge is 0.411 e. The zero-order chi connectivity index (χ0) is 24.3. The minimum Gasteiger partial charge on any atom is -0.496 e. The molecule has 1 saturated heterocycles. The lowest BCUT2D eigenvalue weighted by atomic mass is 10.1. The molecule has 180 valence electrons. The molecular weight excluding hydrogens is 428 g/mol. The molecule has 1 aliphatic heterocycles. The Balaban J connectivity index is 1.94. The second-order valence-electron chi connectivity index (χ2n) is 8.83. The molecule has 0 saturated carbocycles. The third kappa shape index (κ3) is 5.40. The lowest BCUT2D eigenvalue weighted by Crippen LogP contribution is -2.44. The maximum atomic E-state index is 12.8. The van der Waals surface area contributed by atoms with Crippen molar-refractivity contribution in [3.05, 3.63) is 23.8 Å². The Morgan fingerprint density at radius 3 is 2.52 bits per heavy atom. The van der Waals surface area contributed by atoms with Crippen LogP contribution in [0.3, 0.4) is 0 Å². The van der Waals surface area contributed by atoms with Gasteiger partial charge in [0.2, 0.25) is 5.88 Å². The topological polar surface area (TPSA) is 96.4 Å². The van der Waals surface area contributed by atoms with Crippen LogP contribution in [0.15, 0.2) is 18.2 Å². The highest BCUT2D eigenvalue weighted by molar-refractivity contribution is 5.90. The van der Waals surface area contributed by atoms with Crippen LogP contribution in [0.4, 0.5) is 4.79 Å². The van der Waals surface area contributed by atoms with E-state index in [9.17, 15) is 9.59 Å². The standard InChI is InChI=1S/C24H32N2O7/c1-8-31-20-12-19(16-9-10-18(29-6)14(2)21(16)25-20)32-15-11-17(22(27)30-7)26(13-15)23(28)33-24(3,4)5/h9-10,12,15,17H,8,11,13H2,1-7H3/t15-,17+/m1/s1. The van der Waals surface area contributed by atoms with E-state index in [-0.39, 0.29) is 13.0 Å². The van der Waals surface area contributed by atoms with Crippen molar-refractivity contribution in [2.75, 3.05) is 27.4 Å². The predicted molar refractivity (Wildman–Crippen MR) is 122 cm³/mol. The number of esters is 1. The Morgan fingerprint density at radius 2 is 1.91 bits per heavy atom. The van der Waals surface area contributed by atoms with E-state index < -0.39 is 29.8 Å². The fraction of sp³-hybridized carbons (Fsp3) is 0.542. The number of aromatic nitrogens is 1. The van der Waals surface area contributed by atoms with Crippen LogP contribution < -0.4 is 14.2 Å². The van der Waals surface area contributed by atoms with Crippen molar-refractivity contribution >= 4 is 23.0 Å². The average Bonchev–Trinajstić information content (AvgIpc) is 3.17. The Bertz CT molecular complexity index is 1030. The highest BCUT2D eigenvalue weighted by Crippen LogP contribution is 2.36. The first kappa shape index (κ1) is 24.4. The largest absolute Gasteiger partial charge is 0.496 e. The maximum absolute atomic E-state index is 12.8. The van der Waals surface area contributed by atoms with Crippen LogP contribution in [0.1, 0.15) is 39.7 Å². The van der Waals surface area contributed by atoms with Crippen molar-refractivity contribution in [3.63, 3.8) is 0 Å². The molecular formula is C24H32N2O7. The summed E-state index contributed by atoms with van der Waals surface area (Å²) in [6.07, 6.45) is -0.766. The van der Waals surface area contributed by atoms with Gasteiger partial charge in [0.05, 0.1) is 32.9 Å². The van der Waals surface area contributed by atoms with Gasteiger partial charge in [-0.1, -0.05) is 0 Å². The molecule has 2 heterocycles. The Hall–Kier alpha value is -3.23. The summed E-state index contributed by atoms with van der Waals surface area (Å²) in [5.74, 6) is 1.16. The first-order chi connectivity index (χ1) is 15.6. The third-order valence-electron chi connectivity index (χ3n) is 5.29. The summed E-state index contributed by atoms with van der Waals surface area (Å²) in [5.41, 5.74) is 0.860. The van der Waals surface area contributed by atoms with Crippen LogP contribution in [0.2, 0.25) is 0 Å². The minimum absolute atomic E-state index is 0.178. The summed E-state index contributed by atoms with van der Waals surface area (Å²) in [6, 6.07) is 4.65. The molecule has 0 N–H and O–H groups in total. The lowest BCUT2D eigenvalue weighted by molar-refractivity contribution is -0.145. The van der Waals surface area contributed by atoms with Gasteiger partial charge in [-0.3, -0.25) is 4.90 Å². The van der Waals surface area contributed by atoms with E-state index in [1.807, 2.05) is 26.0 Å². The van der Waals surface area contributed by atoms with E-state index >= 15 is 0 Å². The van der Waals surface area contributed by atoms with Gasteiger partial charge in [0.15, 0.2) is 0 Å². The van der Waals surface area contributed by atoms with Crippen LogP contribution in [-0.4, -0.2) is 67.1 Å². The Kier molecular flexibility index (Phi) is 7.19.